The van der Waals surface area contributed by atoms with Gasteiger partial charge >= 0.3 is 6.01 Å². The molecule has 0 aliphatic rings. The zero-order chi connectivity index (χ0) is 13.1. The van der Waals surface area contributed by atoms with Crippen LogP contribution in [0.1, 0.15) is 19.4 Å². The summed E-state index contributed by atoms with van der Waals surface area (Å²) in [6.45, 7) is 6.01. The summed E-state index contributed by atoms with van der Waals surface area (Å²) < 4.78 is 10.3. The predicted octanol–water partition coefficient (Wildman–Crippen LogP) is 2.87. The van der Waals surface area contributed by atoms with E-state index in [-0.39, 0.29) is 6.04 Å². The first-order valence-electron chi connectivity index (χ1n) is 5.85. The van der Waals surface area contributed by atoms with Crippen molar-refractivity contribution in [2.75, 3.05) is 12.4 Å². The molecule has 0 bridgehead atoms. The number of anilines is 1. The van der Waals surface area contributed by atoms with E-state index in [9.17, 15) is 0 Å². The highest BCUT2D eigenvalue weighted by molar-refractivity contribution is 5.59. The summed E-state index contributed by atoms with van der Waals surface area (Å²) in [6.07, 6.45) is 0. The van der Waals surface area contributed by atoms with Gasteiger partial charge in [0.25, 0.3) is 0 Å². The maximum absolute atomic E-state index is 5.22. The monoisotopic (exact) mass is 247 g/mol. The Morgan fingerprint density at radius 1 is 1.33 bits per heavy atom. The van der Waals surface area contributed by atoms with Gasteiger partial charge in [0.05, 0.1) is 7.11 Å². The zero-order valence-electron chi connectivity index (χ0n) is 11.0. The third-order valence-corrected chi connectivity index (χ3v) is 2.49. The molecule has 96 valence electrons. The van der Waals surface area contributed by atoms with Crippen LogP contribution >= 0.6 is 0 Å². The second kappa shape index (κ2) is 5.08. The van der Waals surface area contributed by atoms with Gasteiger partial charge in [0, 0.05) is 11.6 Å². The van der Waals surface area contributed by atoms with E-state index in [0.29, 0.717) is 11.8 Å². The molecule has 0 saturated heterocycles. The molecule has 0 unspecified atom stereocenters. The first-order chi connectivity index (χ1) is 8.60. The molecule has 1 N–H and O–H groups in total. The minimum absolute atomic E-state index is 0.260. The Balaban J connectivity index is 2.26. The Kier molecular flexibility index (Phi) is 3.50. The summed E-state index contributed by atoms with van der Waals surface area (Å²) in [7, 11) is 1.65. The van der Waals surface area contributed by atoms with Crippen LogP contribution in [0.2, 0.25) is 0 Å². The normalized spacial score (nSPS) is 10.7. The molecule has 0 spiro atoms. The molecule has 0 radical (unpaired) electrons. The van der Waals surface area contributed by atoms with Crippen molar-refractivity contribution in [2.24, 2.45) is 0 Å². The molecular weight excluding hydrogens is 230 g/mol. The third-order valence-electron chi connectivity index (χ3n) is 2.49. The first-order valence-corrected chi connectivity index (χ1v) is 5.85. The largest absolute Gasteiger partial charge is 0.496 e. The fourth-order valence-corrected chi connectivity index (χ4v) is 1.66. The molecular formula is C13H17N3O2. The van der Waals surface area contributed by atoms with Crippen molar-refractivity contribution < 1.29 is 9.26 Å². The van der Waals surface area contributed by atoms with Crippen LogP contribution in [-0.4, -0.2) is 23.3 Å². The number of hydrogen-bond acceptors (Lipinski definition) is 5. The van der Waals surface area contributed by atoms with Crippen LogP contribution in [-0.2, 0) is 0 Å². The van der Waals surface area contributed by atoms with Crippen LogP contribution in [0.15, 0.2) is 22.7 Å². The molecule has 2 rings (SSSR count). The highest BCUT2D eigenvalue weighted by Crippen LogP contribution is 2.24. The van der Waals surface area contributed by atoms with Gasteiger partial charge in [0.1, 0.15) is 5.75 Å². The number of aryl methyl sites for hydroxylation is 1. The van der Waals surface area contributed by atoms with Crippen molar-refractivity contribution in [3.8, 4) is 17.1 Å². The summed E-state index contributed by atoms with van der Waals surface area (Å²) >= 11 is 0. The SMILES string of the molecule is COc1ccc(-c2noc(NC(C)C)n2)cc1C. The minimum Gasteiger partial charge on any atom is -0.496 e. The van der Waals surface area contributed by atoms with E-state index < -0.39 is 0 Å². The van der Waals surface area contributed by atoms with E-state index in [1.165, 1.54) is 0 Å². The van der Waals surface area contributed by atoms with Crippen LogP contribution in [0.4, 0.5) is 6.01 Å². The number of methoxy groups -OCH3 is 1. The molecule has 0 saturated carbocycles. The van der Waals surface area contributed by atoms with Crippen molar-refractivity contribution in [1.82, 2.24) is 10.1 Å². The molecule has 1 aromatic carbocycles. The van der Waals surface area contributed by atoms with Crippen molar-refractivity contribution >= 4 is 6.01 Å². The standard InChI is InChI=1S/C13H17N3O2/c1-8(2)14-13-15-12(16-18-13)10-5-6-11(17-4)9(3)7-10/h5-8H,1-4H3,(H,14,15,16). The van der Waals surface area contributed by atoms with Crippen LogP contribution in [0.25, 0.3) is 11.4 Å². The molecule has 0 amide bonds. The molecule has 0 atom stereocenters. The van der Waals surface area contributed by atoms with E-state index in [2.05, 4.69) is 15.5 Å². The van der Waals surface area contributed by atoms with Crippen molar-refractivity contribution in [1.29, 1.82) is 0 Å². The maximum Gasteiger partial charge on any atom is 0.321 e. The Hall–Kier alpha value is -2.04. The fraction of sp³-hybridized carbons (Fsp3) is 0.385. The van der Waals surface area contributed by atoms with E-state index in [1.807, 2.05) is 39.0 Å². The van der Waals surface area contributed by atoms with Gasteiger partial charge in [-0.15, -0.1) is 0 Å². The number of benzene rings is 1. The average molecular weight is 247 g/mol. The van der Waals surface area contributed by atoms with E-state index in [1.54, 1.807) is 7.11 Å². The zero-order valence-corrected chi connectivity index (χ0v) is 11.0. The molecule has 5 nitrogen and oxygen atoms in total. The molecule has 18 heavy (non-hydrogen) atoms. The second-order valence-electron chi connectivity index (χ2n) is 4.41. The molecule has 0 aliphatic carbocycles. The summed E-state index contributed by atoms with van der Waals surface area (Å²) in [5, 5.41) is 7.01. The molecule has 0 fully saturated rings. The highest BCUT2D eigenvalue weighted by Gasteiger charge is 2.10. The van der Waals surface area contributed by atoms with Crippen LogP contribution < -0.4 is 10.1 Å². The van der Waals surface area contributed by atoms with Crippen molar-refractivity contribution in [2.45, 2.75) is 26.8 Å². The predicted molar refractivity (Wildman–Crippen MR) is 69.8 cm³/mol. The maximum atomic E-state index is 5.22. The number of nitrogens with one attached hydrogen (secondary N) is 1. The molecule has 0 aliphatic heterocycles. The van der Waals surface area contributed by atoms with Gasteiger partial charge in [-0.05, 0) is 44.5 Å². The van der Waals surface area contributed by atoms with Crippen molar-refractivity contribution in [3.05, 3.63) is 23.8 Å². The van der Waals surface area contributed by atoms with Crippen LogP contribution in [0.5, 0.6) is 5.75 Å². The number of rotatable bonds is 4. The fourth-order valence-electron chi connectivity index (χ4n) is 1.66. The Morgan fingerprint density at radius 2 is 2.11 bits per heavy atom. The van der Waals surface area contributed by atoms with Gasteiger partial charge in [0.15, 0.2) is 0 Å². The summed E-state index contributed by atoms with van der Waals surface area (Å²) in [5.74, 6) is 1.42. The third kappa shape index (κ3) is 2.61. The quantitative estimate of drug-likeness (QED) is 0.900. The smallest absolute Gasteiger partial charge is 0.321 e. The lowest BCUT2D eigenvalue weighted by Gasteiger charge is -2.04. The van der Waals surface area contributed by atoms with Gasteiger partial charge in [-0.1, -0.05) is 5.16 Å². The first kappa shape index (κ1) is 12.4. The van der Waals surface area contributed by atoms with Crippen molar-refractivity contribution in [3.63, 3.8) is 0 Å². The second-order valence-corrected chi connectivity index (χ2v) is 4.41. The highest BCUT2D eigenvalue weighted by atomic mass is 16.5. The number of aromatic nitrogens is 2. The van der Waals surface area contributed by atoms with Gasteiger partial charge in [-0.25, -0.2) is 0 Å². The lowest BCUT2D eigenvalue weighted by molar-refractivity contribution is 0.411. The Morgan fingerprint density at radius 3 is 2.72 bits per heavy atom. The summed E-state index contributed by atoms with van der Waals surface area (Å²) in [4.78, 5) is 4.29. The van der Waals surface area contributed by atoms with Gasteiger partial charge in [-0.2, -0.15) is 4.98 Å². The lowest BCUT2D eigenvalue weighted by atomic mass is 10.1. The number of nitrogens with zero attached hydrogens (tertiary/aromatic N) is 2. The van der Waals surface area contributed by atoms with Gasteiger partial charge < -0.3 is 14.6 Å². The number of hydrogen-bond donors (Lipinski definition) is 1. The summed E-state index contributed by atoms with van der Waals surface area (Å²) in [5.41, 5.74) is 1.95. The average Bonchev–Trinajstić information content (AvgIpc) is 2.76. The Labute approximate surface area is 106 Å². The van der Waals surface area contributed by atoms with Crippen LogP contribution in [0.3, 0.4) is 0 Å². The van der Waals surface area contributed by atoms with E-state index in [0.717, 1.165) is 16.9 Å². The van der Waals surface area contributed by atoms with E-state index in [4.69, 9.17) is 9.26 Å². The minimum atomic E-state index is 0.260. The van der Waals surface area contributed by atoms with Gasteiger partial charge in [0.2, 0.25) is 5.82 Å². The van der Waals surface area contributed by atoms with E-state index >= 15 is 0 Å². The van der Waals surface area contributed by atoms with Gasteiger partial charge in [-0.3, -0.25) is 0 Å². The molecule has 5 heteroatoms. The Bertz CT molecular complexity index is 535. The lowest BCUT2D eigenvalue weighted by Crippen LogP contribution is -2.09. The molecule has 2 aromatic rings. The summed E-state index contributed by atoms with van der Waals surface area (Å²) in [6, 6.07) is 6.49. The molecule has 1 heterocycles. The molecule has 1 aromatic heterocycles. The topological polar surface area (TPSA) is 60.2 Å². The van der Waals surface area contributed by atoms with Crippen LogP contribution in [0, 0.1) is 6.92 Å². The number of ether oxygens (including phenoxy) is 1.